The molecule has 0 spiro atoms. The maximum absolute atomic E-state index is 12.3. The van der Waals surface area contributed by atoms with Crippen LogP contribution in [-0.4, -0.2) is 16.2 Å². The largest absolute Gasteiger partial charge is 0.488 e. The van der Waals surface area contributed by atoms with E-state index in [0.717, 1.165) is 4.47 Å². The molecular formula is C19H12BrCl2N3O2S. The van der Waals surface area contributed by atoms with Crippen LogP contribution in [0, 0.1) is 11.3 Å². The van der Waals surface area contributed by atoms with E-state index in [-0.39, 0.29) is 17.9 Å². The van der Waals surface area contributed by atoms with Gasteiger partial charge in [0, 0.05) is 25.6 Å². The number of nitriles is 1. The van der Waals surface area contributed by atoms with Gasteiger partial charge in [-0.15, -0.1) is 0 Å². The van der Waals surface area contributed by atoms with E-state index in [2.05, 4.69) is 25.9 Å². The van der Waals surface area contributed by atoms with Gasteiger partial charge in [-0.25, -0.2) is 4.98 Å². The number of hydrogen-bond donors (Lipinski definition) is 1. The van der Waals surface area contributed by atoms with Gasteiger partial charge < -0.3 is 9.72 Å². The highest BCUT2D eigenvalue weighted by Gasteiger charge is 2.18. The van der Waals surface area contributed by atoms with Gasteiger partial charge in [0.25, 0.3) is 5.56 Å². The molecule has 0 aliphatic rings. The van der Waals surface area contributed by atoms with Crippen LogP contribution in [0.1, 0.15) is 11.1 Å². The summed E-state index contributed by atoms with van der Waals surface area (Å²) in [6.07, 6.45) is 1.78. The minimum atomic E-state index is -0.503. The Morgan fingerprint density at radius 1 is 1.29 bits per heavy atom. The summed E-state index contributed by atoms with van der Waals surface area (Å²) < 4.78 is 6.70. The number of thioether (sulfide) groups is 1. The molecule has 28 heavy (non-hydrogen) atoms. The average molecular weight is 497 g/mol. The maximum Gasteiger partial charge on any atom is 0.270 e. The minimum absolute atomic E-state index is 0.0866. The van der Waals surface area contributed by atoms with Crippen molar-refractivity contribution < 1.29 is 4.74 Å². The van der Waals surface area contributed by atoms with Crippen LogP contribution < -0.4 is 10.3 Å². The van der Waals surface area contributed by atoms with Crippen molar-refractivity contribution in [3.05, 3.63) is 72.4 Å². The van der Waals surface area contributed by atoms with E-state index in [1.807, 2.05) is 6.07 Å². The van der Waals surface area contributed by atoms with Crippen LogP contribution in [-0.2, 0) is 6.61 Å². The Morgan fingerprint density at radius 2 is 2.00 bits per heavy atom. The molecule has 3 rings (SSSR count). The number of benzene rings is 2. The molecule has 1 aromatic heterocycles. The average Bonchev–Trinajstić information content (AvgIpc) is 2.67. The first kappa shape index (κ1) is 20.7. The molecule has 0 aliphatic heterocycles. The molecule has 3 aromatic rings. The fraction of sp³-hybridized carbons (Fsp3) is 0.105. The van der Waals surface area contributed by atoms with Crippen molar-refractivity contribution in [2.75, 3.05) is 6.26 Å². The molecule has 0 radical (unpaired) electrons. The zero-order valence-corrected chi connectivity index (χ0v) is 18.3. The summed E-state index contributed by atoms with van der Waals surface area (Å²) in [6, 6.07) is 12.4. The minimum Gasteiger partial charge on any atom is -0.488 e. The number of halogens is 3. The second-order valence-corrected chi connectivity index (χ2v) is 8.07. The van der Waals surface area contributed by atoms with Crippen molar-refractivity contribution >= 4 is 50.9 Å². The molecule has 0 amide bonds. The highest BCUT2D eigenvalue weighted by molar-refractivity contribution is 9.10. The predicted molar refractivity (Wildman–Crippen MR) is 115 cm³/mol. The SMILES string of the molecule is CSc1nc(-c2cc(Br)ccc2OCc2c(Cl)cccc2Cl)c(C#N)c(=O)[nH]1. The molecule has 5 nitrogen and oxygen atoms in total. The van der Waals surface area contributed by atoms with E-state index in [9.17, 15) is 10.1 Å². The Morgan fingerprint density at radius 3 is 2.64 bits per heavy atom. The van der Waals surface area contributed by atoms with Crippen molar-refractivity contribution in [2.45, 2.75) is 11.8 Å². The second kappa shape index (κ2) is 9.01. The van der Waals surface area contributed by atoms with E-state index in [1.54, 1.807) is 42.7 Å². The van der Waals surface area contributed by atoms with Gasteiger partial charge in [-0.05, 0) is 36.6 Å². The van der Waals surface area contributed by atoms with Crippen LogP contribution in [0.15, 0.2) is 50.8 Å². The first-order chi connectivity index (χ1) is 13.4. The fourth-order valence-corrected chi connectivity index (χ4v) is 3.73. The topological polar surface area (TPSA) is 78.8 Å². The third kappa shape index (κ3) is 4.36. The number of rotatable bonds is 5. The van der Waals surface area contributed by atoms with Crippen LogP contribution in [0.3, 0.4) is 0 Å². The van der Waals surface area contributed by atoms with Crippen molar-refractivity contribution in [2.24, 2.45) is 0 Å². The van der Waals surface area contributed by atoms with Crippen LogP contribution >= 0.6 is 50.9 Å². The molecule has 9 heteroatoms. The van der Waals surface area contributed by atoms with Crippen molar-refractivity contribution in [3.8, 4) is 23.1 Å². The van der Waals surface area contributed by atoms with E-state index < -0.39 is 5.56 Å². The summed E-state index contributed by atoms with van der Waals surface area (Å²) in [5.74, 6) is 0.445. The molecule has 0 saturated heterocycles. The van der Waals surface area contributed by atoms with E-state index in [1.165, 1.54) is 11.8 Å². The van der Waals surface area contributed by atoms with Crippen LogP contribution in [0.5, 0.6) is 5.75 Å². The third-order valence-corrected chi connectivity index (χ3v) is 5.61. The number of aromatic nitrogens is 2. The molecule has 142 valence electrons. The van der Waals surface area contributed by atoms with Crippen molar-refractivity contribution in [3.63, 3.8) is 0 Å². The zero-order chi connectivity index (χ0) is 20.3. The summed E-state index contributed by atoms with van der Waals surface area (Å²) in [4.78, 5) is 19.3. The summed E-state index contributed by atoms with van der Waals surface area (Å²) in [6.45, 7) is 0.119. The lowest BCUT2D eigenvalue weighted by molar-refractivity contribution is 0.307. The molecular weight excluding hydrogens is 485 g/mol. The summed E-state index contributed by atoms with van der Waals surface area (Å²) in [7, 11) is 0. The maximum atomic E-state index is 12.3. The fourth-order valence-electron chi connectivity index (χ4n) is 2.48. The lowest BCUT2D eigenvalue weighted by Gasteiger charge is -2.14. The highest BCUT2D eigenvalue weighted by Crippen LogP contribution is 2.35. The molecule has 1 heterocycles. The van der Waals surface area contributed by atoms with Crippen LogP contribution in [0.4, 0.5) is 0 Å². The molecule has 0 fully saturated rings. The molecule has 1 N–H and O–H groups in total. The number of nitrogens with zero attached hydrogens (tertiary/aromatic N) is 2. The van der Waals surface area contributed by atoms with Gasteiger partial charge in [-0.2, -0.15) is 5.26 Å². The van der Waals surface area contributed by atoms with Crippen LogP contribution in [0.2, 0.25) is 10.0 Å². The van der Waals surface area contributed by atoms with Gasteiger partial charge in [0.2, 0.25) is 0 Å². The first-order valence-electron chi connectivity index (χ1n) is 7.88. The molecule has 0 aliphatic carbocycles. The Bertz CT molecular complexity index is 1120. The number of hydrogen-bond acceptors (Lipinski definition) is 5. The van der Waals surface area contributed by atoms with Crippen LogP contribution in [0.25, 0.3) is 11.3 Å². The van der Waals surface area contributed by atoms with Gasteiger partial charge in [-0.1, -0.05) is 57.0 Å². The number of ether oxygens (including phenoxy) is 1. The summed E-state index contributed by atoms with van der Waals surface area (Å²) >= 11 is 17.1. The lowest BCUT2D eigenvalue weighted by Crippen LogP contribution is -2.15. The normalized spacial score (nSPS) is 10.5. The molecule has 2 aromatic carbocycles. The predicted octanol–water partition coefficient (Wildman–Crippen LogP) is 5.68. The van der Waals surface area contributed by atoms with E-state index in [4.69, 9.17) is 27.9 Å². The quantitative estimate of drug-likeness (QED) is 0.363. The van der Waals surface area contributed by atoms with Gasteiger partial charge in [0.15, 0.2) is 5.16 Å². The Hall–Kier alpha value is -1.98. The molecule has 0 saturated carbocycles. The molecule has 0 bridgehead atoms. The van der Waals surface area contributed by atoms with Crippen molar-refractivity contribution in [1.29, 1.82) is 5.26 Å². The summed E-state index contributed by atoms with van der Waals surface area (Å²) in [5, 5.41) is 10.8. The van der Waals surface area contributed by atoms with Crippen molar-refractivity contribution in [1.82, 2.24) is 9.97 Å². The highest BCUT2D eigenvalue weighted by atomic mass is 79.9. The molecule has 0 atom stereocenters. The lowest BCUT2D eigenvalue weighted by atomic mass is 10.1. The zero-order valence-electron chi connectivity index (χ0n) is 14.4. The number of H-pyrrole nitrogens is 1. The third-order valence-electron chi connectivity index (χ3n) is 3.83. The summed E-state index contributed by atoms with van der Waals surface area (Å²) in [5.41, 5.74) is 0.810. The monoisotopic (exact) mass is 495 g/mol. The standard InChI is InChI=1S/C19H12BrCl2N3O2S/c1-28-19-24-17(12(8-23)18(26)25-19)11-7-10(20)5-6-16(11)27-9-13-14(21)3-2-4-15(13)22/h2-7H,9H2,1H3,(H,24,25,26). The van der Waals surface area contributed by atoms with Gasteiger partial charge in [0.05, 0.1) is 0 Å². The van der Waals surface area contributed by atoms with Gasteiger partial charge in [0.1, 0.15) is 29.7 Å². The number of nitrogens with one attached hydrogen (secondary N) is 1. The smallest absolute Gasteiger partial charge is 0.270 e. The van der Waals surface area contributed by atoms with Gasteiger partial charge in [-0.3, -0.25) is 4.79 Å². The Balaban J connectivity index is 2.09. The molecule has 0 unspecified atom stereocenters. The Kier molecular flexibility index (Phi) is 6.68. The van der Waals surface area contributed by atoms with Gasteiger partial charge >= 0.3 is 0 Å². The number of aromatic amines is 1. The first-order valence-corrected chi connectivity index (χ1v) is 10.7. The van der Waals surface area contributed by atoms with E-state index in [0.29, 0.717) is 32.1 Å². The Labute approximate surface area is 183 Å². The van der Waals surface area contributed by atoms with E-state index >= 15 is 0 Å². The second-order valence-electron chi connectivity index (χ2n) is 5.54.